The molecule has 168 valence electrons. The first-order chi connectivity index (χ1) is 15.2. The van der Waals surface area contributed by atoms with Crippen LogP contribution in [0.5, 0.6) is 11.5 Å². The molecule has 0 unspecified atom stereocenters. The van der Waals surface area contributed by atoms with Crippen molar-refractivity contribution in [2.24, 2.45) is 0 Å². The van der Waals surface area contributed by atoms with Crippen molar-refractivity contribution < 1.29 is 19.4 Å². The van der Waals surface area contributed by atoms with Gasteiger partial charge in [-0.3, -0.25) is 4.79 Å². The number of hydrogen-bond acceptors (Lipinski definition) is 4. The van der Waals surface area contributed by atoms with Gasteiger partial charge < -0.3 is 24.0 Å². The number of ether oxygens (including phenoxy) is 2. The molecule has 1 aromatic heterocycles. The average molecular weight is 520 g/mol. The van der Waals surface area contributed by atoms with E-state index in [2.05, 4.69) is 15.9 Å². The molecule has 0 spiro atoms. The van der Waals surface area contributed by atoms with Gasteiger partial charge >= 0.3 is 0 Å². The number of rotatable bonds is 6. The lowest BCUT2D eigenvalue weighted by molar-refractivity contribution is 0.0276. The topological polar surface area (TPSA) is 63.9 Å². The summed E-state index contributed by atoms with van der Waals surface area (Å²) in [6.45, 7) is 4.64. The first kappa shape index (κ1) is 22.7. The van der Waals surface area contributed by atoms with Crippen LogP contribution < -0.4 is 14.4 Å². The number of carbonyl (C=O) groups is 1. The highest BCUT2D eigenvalue weighted by Crippen LogP contribution is 2.37. The average Bonchev–Trinajstić information content (AvgIpc) is 3.10. The standard InChI is InChI=1S/C24H24BrClN2O4/c1-24(2,30)14-32-20-9-8-17(12-21(20)31-3)27-10-11-28-19(23(27)29)13-18(22(28)25)15-4-6-16(26)7-5-15/h4-9,12-13,30H,10-11,14H2,1-3H3. The Morgan fingerprint density at radius 1 is 1.09 bits per heavy atom. The maximum Gasteiger partial charge on any atom is 0.275 e. The Balaban J connectivity index is 1.62. The number of fused-ring (bicyclic) bond motifs is 1. The quantitative estimate of drug-likeness (QED) is 0.474. The monoisotopic (exact) mass is 518 g/mol. The number of halogens is 2. The van der Waals surface area contributed by atoms with Crippen molar-refractivity contribution in [3.63, 3.8) is 0 Å². The zero-order chi connectivity index (χ0) is 23.0. The summed E-state index contributed by atoms with van der Waals surface area (Å²) in [6.07, 6.45) is 0. The third kappa shape index (κ3) is 4.51. The normalized spacial score (nSPS) is 13.8. The van der Waals surface area contributed by atoms with Crippen LogP contribution in [0.1, 0.15) is 24.3 Å². The van der Waals surface area contributed by atoms with E-state index in [0.29, 0.717) is 35.3 Å². The lowest BCUT2D eigenvalue weighted by Crippen LogP contribution is -2.40. The van der Waals surface area contributed by atoms with Crippen LogP contribution in [0.15, 0.2) is 53.1 Å². The van der Waals surface area contributed by atoms with Crippen molar-refractivity contribution in [2.45, 2.75) is 26.0 Å². The summed E-state index contributed by atoms with van der Waals surface area (Å²) in [5, 5.41) is 10.6. The minimum Gasteiger partial charge on any atom is -0.493 e. The number of benzene rings is 2. The Bertz CT molecular complexity index is 1150. The number of anilines is 1. The Morgan fingerprint density at radius 3 is 2.47 bits per heavy atom. The summed E-state index contributed by atoms with van der Waals surface area (Å²) in [7, 11) is 1.55. The number of carbonyl (C=O) groups excluding carboxylic acids is 1. The molecule has 0 aliphatic carbocycles. The third-order valence-electron chi connectivity index (χ3n) is 5.24. The van der Waals surface area contributed by atoms with Crippen LogP contribution in [-0.4, -0.2) is 41.4 Å². The molecule has 0 radical (unpaired) electrons. The fourth-order valence-electron chi connectivity index (χ4n) is 3.64. The fraction of sp³-hybridized carbons (Fsp3) is 0.292. The van der Waals surface area contributed by atoms with E-state index in [0.717, 1.165) is 21.4 Å². The Labute approximate surface area is 200 Å². The van der Waals surface area contributed by atoms with Crippen molar-refractivity contribution in [3.05, 3.63) is 63.9 Å². The van der Waals surface area contributed by atoms with Crippen LogP contribution in [0.2, 0.25) is 5.02 Å². The van der Waals surface area contributed by atoms with Gasteiger partial charge in [-0.1, -0.05) is 23.7 Å². The predicted molar refractivity (Wildman–Crippen MR) is 129 cm³/mol. The molecule has 1 N–H and O–H groups in total. The SMILES string of the molecule is COc1cc(N2CCn3c(cc(-c4ccc(Cl)cc4)c3Br)C2=O)ccc1OCC(C)(C)O. The number of hydrogen-bond donors (Lipinski definition) is 1. The molecular weight excluding hydrogens is 496 g/mol. The Kier molecular flexibility index (Phi) is 6.25. The number of nitrogens with zero attached hydrogens (tertiary/aromatic N) is 2. The lowest BCUT2D eigenvalue weighted by atomic mass is 10.1. The summed E-state index contributed by atoms with van der Waals surface area (Å²) in [4.78, 5) is 15.1. The number of amides is 1. The van der Waals surface area contributed by atoms with Gasteiger partial charge in [0.25, 0.3) is 5.91 Å². The van der Waals surface area contributed by atoms with Crippen molar-refractivity contribution >= 4 is 39.1 Å². The zero-order valence-electron chi connectivity index (χ0n) is 18.1. The second kappa shape index (κ2) is 8.81. The van der Waals surface area contributed by atoms with Crippen LogP contribution in [-0.2, 0) is 6.54 Å². The minimum absolute atomic E-state index is 0.0932. The van der Waals surface area contributed by atoms with Gasteiger partial charge in [0.2, 0.25) is 0 Å². The van der Waals surface area contributed by atoms with Gasteiger partial charge in [0, 0.05) is 35.4 Å². The molecule has 0 bridgehead atoms. The number of methoxy groups -OCH3 is 1. The van der Waals surface area contributed by atoms with Gasteiger partial charge in [0.15, 0.2) is 11.5 Å². The predicted octanol–water partition coefficient (Wildman–Crippen LogP) is 5.39. The van der Waals surface area contributed by atoms with Crippen molar-refractivity contribution in [2.75, 3.05) is 25.2 Å². The summed E-state index contributed by atoms with van der Waals surface area (Å²) < 4.78 is 14.0. The second-order valence-corrected chi connectivity index (χ2v) is 9.47. The van der Waals surface area contributed by atoms with E-state index in [1.807, 2.05) is 41.0 Å². The molecule has 1 aliphatic rings. The highest BCUT2D eigenvalue weighted by Gasteiger charge is 2.30. The molecule has 2 heterocycles. The van der Waals surface area contributed by atoms with Gasteiger partial charge in [-0.2, -0.15) is 0 Å². The van der Waals surface area contributed by atoms with Crippen molar-refractivity contribution in [1.29, 1.82) is 0 Å². The van der Waals surface area contributed by atoms with Gasteiger partial charge in [0.1, 0.15) is 12.3 Å². The summed E-state index contributed by atoms with van der Waals surface area (Å²) in [5.74, 6) is 0.923. The van der Waals surface area contributed by atoms with E-state index in [1.165, 1.54) is 0 Å². The molecule has 3 aromatic rings. The molecule has 2 aromatic carbocycles. The molecule has 0 atom stereocenters. The van der Waals surface area contributed by atoms with E-state index in [4.69, 9.17) is 21.1 Å². The lowest BCUT2D eigenvalue weighted by Gasteiger charge is -2.29. The molecule has 0 saturated heterocycles. The summed E-state index contributed by atoms with van der Waals surface area (Å²) in [6, 6.07) is 14.8. The van der Waals surface area contributed by atoms with Gasteiger partial charge in [-0.05, 0) is 65.7 Å². The van der Waals surface area contributed by atoms with Crippen LogP contribution in [0.4, 0.5) is 5.69 Å². The minimum atomic E-state index is -0.965. The number of aliphatic hydroxyl groups is 1. The molecule has 6 nitrogen and oxygen atoms in total. The summed E-state index contributed by atoms with van der Waals surface area (Å²) >= 11 is 9.68. The maximum absolute atomic E-state index is 13.4. The fourth-order valence-corrected chi connectivity index (χ4v) is 4.47. The molecule has 1 amide bonds. The smallest absolute Gasteiger partial charge is 0.275 e. The highest BCUT2D eigenvalue weighted by molar-refractivity contribution is 9.10. The van der Waals surface area contributed by atoms with Crippen molar-refractivity contribution in [1.82, 2.24) is 4.57 Å². The summed E-state index contributed by atoms with van der Waals surface area (Å²) in [5.41, 5.74) is 2.29. The molecule has 0 saturated carbocycles. The van der Waals surface area contributed by atoms with Gasteiger partial charge in [-0.15, -0.1) is 0 Å². The molecule has 32 heavy (non-hydrogen) atoms. The molecular formula is C24H24BrClN2O4. The number of aromatic nitrogens is 1. The van der Waals surface area contributed by atoms with E-state index in [9.17, 15) is 9.90 Å². The van der Waals surface area contributed by atoms with E-state index in [1.54, 1.807) is 38.0 Å². The second-order valence-electron chi connectivity index (χ2n) is 8.29. The molecule has 8 heteroatoms. The van der Waals surface area contributed by atoms with E-state index >= 15 is 0 Å². The molecule has 0 fully saturated rings. The van der Waals surface area contributed by atoms with E-state index < -0.39 is 5.60 Å². The van der Waals surface area contributed by atoms with Crippen LogP contribution >= 0.6 is 27.5 Å². The van der Waals surface area contributed by atoms with Gasteiger partial charge in [-0.25, -0.2) is 0 Å². The largest absolute Gasteiger partial charge is 0.493 e. The first-order valence-corrected chi connectivity index (χ1v) is 11.3. The molecule has 1 aliphatic heterocycles. The Hall–Kier alpha value is -2.48. The van der Waals surface area contributed by atoms with Crippen LogP contribution in [0.3, 0.4) is 0 Å². The van der Waals surface area contributed by atoms with Crippen LogP contribution in [0, 0.1) is 0 Å². The van der Waals surface area contributed by atoms with Gasteiger partial charge in [0.05, 0.1) is 17.3 Å². The maximum atomic E-state index is 13.4. The highest BCUT2D eigenvalue weighted by atomic mass is 79.9. The first-order valence-electron chi connectivity index (χ1n) is 10.2. The third-order valence-corrected chi connectivity index (χ3v) is 6.34. The Morgan fingerprint density at radius 2 is 1.81 bits per heavy atom. The van der Waals surface area contributed by atoms with Crippen molar-refractivity contribution in [3.8, 4) is 22.6 Å². The zero-order valence-corrected chi connectivity index (χ0v) is 20.4. The van der Waals surface area contributed by atoms with Crippen LogP contribution in [0.25, 0.3) is 11.1 Å². The molecule has 4 rings (SSSR count). The van der Waals surface area contributed by atoms with E-state index in [-0.39, 0.29) is 12.5 Å².